The van der Waals surface area contributed by atoms with Crippen LogP contribution >= 0.6 is 24.0 Å². The minimum Gasteiger partial charge on any atom is -0.490 e. The molecule has 0 fully saturated rings. The Bertz CT molecular complexity index is 531. The number of rotatable bonds is 9. The van der Waals surface area contributed by atoms with E-state index in [9.17, 15) is 4.79 Å². The molecule has 138 valence electrons. The van der Waals surface area contributed by atoms with E-state index in [0.717, 1.165) is 12.8 Å². The molecule has 0 aliphatic heterocycles. The van der Waals surface area contributed by atoms with Crippen molar-refractivity contribution in [2.45, 2.75) is 46.1 Å². The van der Waals surface area contributed by atoms with Crippen LogP contribution < -0.4 is 20.5 Å². The maximum absolute atomic E-state index is 12.3. The molecule has 1 aromatic carbocycles. The number of benzene rings is 1. The first-order valence-electron chi connectivity index (χ1n) is 7.94. The first-order chi connectivity index (χ1) is 10.8. The second kappa shape index (κ2) is 10.6. The van der Waals surface area contributed by atoms with Crippen molar-refractivity contribution < 1.29 is 14.3 Å². The lowest BCUT2D eigenvalue weighted by atomic mass is 10.1. The van der Waals surface area contributed by atoms with Gasteiger partial charge in [-0.05, 0) is 39.3 Å². The van der Waals surface area contributed by atoms with Crippen LogP contribution in [0.5, 0.6) is 11.5 Å². The van der Waals surface area contributed by atoms with Gasteiger partial charge in [0.05, 0.1) is 18.2 Å². The molecule has 0 spiro atoms. The summed E-state index contributed by atoms with van der Waals surface area (Å²) in [5, 5.41) is 3.15. The summed E-state index contributed by atoms with van der Waals surface area (Å²) < 4.78 is 11.3. The van der Waals surface area contributed by atoms with Crippen molar-refractivity contribution in [3.8, 4) is 11.5 Å². The largest absolute Gasteiger partial charge is 0.490 e. The summed E-state index contributed by atoms with van der Waals surface area (Å²) in [6, 6.07) is 3.24. The van der Waals surface area contributed by atoms with Gasteiger partial charge >= 0.3 is 0 Å². The first kappa shape index (κ1) is 22.8. The van der Waals surface area contributed by atoms with E-state index < -0.39 is 5.54 Å². The molecule has 7 heteroatoms. The zero-order chi connectivity index (χ0) is 17.5. The molecule has 5 nitrogen and oxygen atoms in total. The molecule has 3 N–H and O–H groups in total. The summed E-state index contributed by atoms with van der Waals surface area (Å²) in [6.07, 6.45) is 1.95. The lowest BCUT2D eigenvalue weighted by Gasteiger charge is -2.19. The number of amides is 1. The molecule has 0 bridgehead atoms. The van der Waals surface area contributed by atoms with Gasteiger partial charge in [-0.1, -0.05) is 24.9 Å². The van der Waals surface area contributed by atoms with Gasteiger partial charge in [0.1, 0.15) is 0 Å². The molecule has 0 atom stereocenters. The summed E-state index contributed by atoms with van der Waals surface area (Å²) in [4.78, 5) is 12.3. The van der Waals surface area contributed by atoms with E-state index in [-0.39, 0.29) is 18.3 Å². The van der Waals surface area contributed by atoms with E-state index in [1.165, 1.54) is 0 Å². The molecule has 0 saturated heterocycles. The Labute approximate surface area is 155 Å². The van der Waals surface area contributed by atoms with Gasteiger partial charge in [-0.3, -0.25) is 4.79 Å². The molecule has 0 radical (unpaired) electrons. The molecule has 0 heterocycles. The van der Waals surface area contributed by atoms with E-state index in [1.807, 2.05) is 20.8 Å². The predicted octanol–water partition coefficient (Wildman–Crippen LogP) is 3.81. The molecule has 1 rings (SSSR count). The van der Waals surface area contributed by atoms with Gasteiger partial charge in [-0.2, -0.15) is 0 Å². The summed E-state index contributed by atoms with van der Waals surface area (Å²) in [5.74, 6) is 0.720. The number of ether oxygens (including phenoxy) is 2. The van der Waals surface area contributed by atoms with E-state index in [4.69, 9.17) is 26.8 Å². The van der Waals surface area contributed by atoms with Crippen LogP contribution in [0.15, 0.2) is 12.1 Å². The lowest BCUT2D eigenvalue weighted by molar-refractivity contribution is 0.0945. The molecule has 0 unspecified atom stereocenters. The Morgan fingerprint density at radius 3 is 2.50 bits per heavy atom. The Hall–Kier alpha value is -1.17. The number of nitrogens with two attached hydrogens (primary N) is 1. The monoisotopic (exact) mass is 378 g/mol. The quantitative estimate of drug-likeness (QED) is 0.640. The van der Waals surface area contributed by atoms with Gasteiger partial charge < -0.3 is 20.5 Å². The molecular weight excluding hydrogens is 351 g/mol. The van der Waals surface area contributed by atoms with Crippen LogP contribution in [0.4, 0.5) is 0 Å². The van der Waals surface area contributed by atoms with Gasteiger partial charge in [-0.25, -0.2) is 0 Å². The Morgan fingerprint density at radius 1 is 1.29 bits per heavy atom. The van der Waals surface area contributed by atoms with Gasteiger partial charge in [0.2, 0.25) is 0 Å². The Kier molecular flexibility index (Phi) is 10.1. The fourth-order valence-corrected chi connectivity index (χ4v) is 2.10. The van der Waals surface area contributed by atoms with Crippen LogP contribution in [-0.2, 0) is 0 Å². The average Bonchev–Trinajstić information content (AvgIpc) is 2.46. The van der Waals surface area contributed by atoms with E-state index in [0.29, 0.717) is 41.8 Å². The number of unbranched alkanes of at least 4 members (excludes halogenated alkanes) is 1. The van der Waals surface area contributed by atoms with Crippen molar-refractivity contribution in [3.05, 3.63) is 22.7 Å². The van der Waals surface area contributed by atoms with Crippen LogP contribution in [0.1, 0.15) is 50.9 Å². The highest BCUT2D eigenvalue weighted by molar-refractivity contribution is 6.32. The smallest absolute Gasteiger partial charge is 0.251 e. The molecular formula is C17H28Cl2N2O3. The van der Waals surface area contributed by atoms with Crippen LogP contribution in [0.25, 0.3) is 0 Å². The molecule has 1 amide bonds. The van der Waals surface area contributed by atoms with Gasteiger partial charge in [0, 0.05) is 17.6 Å². The second-order valence-electron chi connectivity index (χ2n) is 6.09. The predicted molar refractivity (Wildman–Crippen MR) is 101 cm³/mol. The topological polar surface area (TPSA) is 73.6 Å². The Balaban J connectivity index is 0.00000529. The zero-order valence-corrected chi connectivity index (χ0v) is 16.4. The molecule has 0 saturated carbocycles. The van der Waals surface area contributed by atoms with Gasteiger partial charge in [-0.15, -0.1) is 12.4 Å². The number of hydrogen-bond acceptors (Lipinski definition) is 4. The van der Waals surface area contributed by atoms with Crippen LogP contribution in [-0.4, -0.2) is 31.2 Å². The van der Waals surface area contributed by atoms with Crippen molar-refractivity contribution in [2.75, 3.05) is 19.8 Å². The summed E-state index contributed by atoms with van der Waals surface area (Å²) in [5.41, 5.74) is 5.82. The Morgan fingerprint density at radius 2 is 1.96 bits per heavy atom. The fraction of sp³-hybridized carbons (Fsp3) is 0.588. The molecule has 0 aromatic heterocycles. The van der Waals surface area contributed by atoms with E-state index >= 15 is 0 Å². The number of halogens is 2. The normalized spacial score (nSPS) is 10.8. The first-order valence-corrected chi connectivity index (χ1v) is 8.32. The molecule has 0 aliphatic carbocycles. The average molecular weight is 379 g/mol. The fourth-order valence-electron chi connectivity index (χ4n) is 1.83. The minimum atomic E-state index is -0.481. The third-order valence-corrected chi connectivity index (χ3v) is 3.30. The summed E-state index contributed by atoms with van der Waals surface area (Å²) in [6.45, 7) is 9.02. The summed E-state index contributed by atoms with van der Waals surface area (Å²) in [7, 11) is 0. The molecule has 1 aromatic rings. The zero-order valence-electron chi connectivity index (χ0n) is 14.8. The van der Waals surface area contributed by atoms with E-state index in [1.54, 1.807) is 12.1 Å². The van der Waals surface area contributed by atoms with Crippen molar-refractivity contribution in [2.24, 2.45) is 5.73 Å². The van der Waals surface area contributed by atoms with E-state index in [2.05, 4.69) is 12.2 Å². The second-order valence-corrected chi connectivity index (χ2v) is 6.50. The van der Waals surface area contributed by atoms with Crippen molar-refractivity contribution in [3.63, 3.8) is 0 Å². The third-order valence-electron chi connectivity index (χ3n) is 3.02. The standard InChI is InChI=1S/C17H27ClN2O3.ClH/c1-5-7-8-23-15-13(18)9-12(10-14(15)22-6-2)16(21)20-11-17(3,4)19;/h9-10H,5-8,11,19H2,1-4H3,(H,20,21);1H. The maximum atomic E-state index is 12.3. The van der Waals surface area contributed by atoms with Gasteiger partial charge in [0.25, 0.3) is 5.91 Å². The highest BCUT2D eigenvalue weighted by Crippen LogP contribution is 2.36. The highest BCUT2D eigenvalue weighted by Gasteiger charge is 2.18. The number of hydrogen-bond donors (Lipinski definition) is 2. The van der Waals surface area contributed by atoms with Crippen LogP contribution in [0, 0.1) is 0 Å². The number of nitrogens with one attached hydrogen (secondary N) is 1. The summed E-state index contributed by atoms with van der Waals surface area (Å²) >= 11 is 6.27. The third kappa shape index (κ3) is 7.60. The minimum absolute atomic E-state index is 0. The van der Waals surface area contributed by atoms with Crippen LogP contribution in [0.2, 0.25) is 5.02 Å². The van der Waals surface area contributed by atoms with Gasteiger partial charge in [0.15, 0.2) is 11.5 Å². The number of carbonyl (C=O) groups excluding carboxylic acids is 1. The SMILES string of the molecule is CCCCOc1c(Cl)cc(C(=O)NCC(C)(C)N)cc1OCC.Cl. The maximum Gasteiger partial charge on any atom is 0.251 e. The van der Waals surface area contributed by atoms with Crippen molar-refractivity contribution in [1.29, 1.82) is 0 Å². The van der Waals surface area contributed by atoms with Crippen molar-refractivity contribution in [1.82, 2.24) is 5.32 Å². The van der Waals surface area contributed by atoms with Crippen LogP contribution in [0.3, 0.4) is 0 Å². The van der Waals surface area contributed by atoms with Crippen molar-refractivity contribution >= 4 is 29.9 Å². The number of carbonyl (C=O) groups is 1. The lowest BCUT2D eigenvalue weighted by Crippen LogP contribution is -2.45. The molecule has 0 aliphatic rings. The molecule has 24 heavy (non-hydrogen) atoms. The highest BCUT2D eigenvalue weighted by atomic mass is 35.5.